The number of halogens is 1. The van der Waals surface area contributed by atoms with Crippen LogP contribution in [-0.4, -0.2) is 0 Å². The van der Waals surface area contributed by atoms with Crippen LogP contribution < -0.4 is 0 Å². The van der Waals surface area contributed by atoms with Gasteiger partial charge in [-0.3, -0.25) is 0 Å². The van der Waals surface area contributed by atoms with E-state index < -0.39 is 16.8 Å². The van der Waals surface area contributed by atoms with Crippen molar-refractivity contribution in [2.45, 2.75) is 8.45 Å². The van der Waals surface area contributed by atoms with Gasteiger partial charge in [-0.25, -0.2) is 0 Å². The van der Waals surface area contributed by atoms with Gasteiger partial charge in [-0.2, -0.15) is 0 Å². The molecule has 0 bridgehead atoms. The van der Waals surface area contributed by atoms with Gasteiger partial charge < -0.3 is 0 Å². The Labute approximate surface area is 129 Å². The zero-order valence-corrected chi connectivity index (χ0v) is 13.3. The fraction of sp³-hybridized carbons (Fsp3) is 0.111. The zero-order valence-electron chi connectivity index (χ0n) is 11.0. The molecule has 2 aromatic rings. The van der Waals surface area contributed by atoms with E-state index in [9.17, 15) is 0 Å². The van der Waals surface area contributed by atoms with Gasteiger partial charge in [0.15, 0.2) is 0 Å². The van der Waals surface area contributed by atoms with E-state index in [0.29, 0.717) is 8.45 Å². The van der Waals surface area contributed by atoms with Gasteiger partial charge in [-0.05, 0) is 0 Å². The van der Waals surface area contributed by atoms with E-state index in [1.54, 1.807) is 0 Å². The summed E-state index contributed by atoms with van der Waals surface area (Å²) in [4.78, 5) is 0. The molecule has 0 nitrogen and oxygen atoms in total. The predicted molar refractivity (Wildman–Crippen MR) is 82.3 cm³/mol. The Morgan fingerprint density at radius 1 is 0.700 bits per heavy atom. The van der Waals surface area contributed by atoms with Crippen LogP contribution in [0, 0.1) is 0 Å². The number of fused-ring (bicyclic) bond motifs is 2. The molecule has 0 spiro atoms. The molecule has 4 rings (SSSR count). The molecule has 2 aliphatic rings. The van der Waals surface area contributed by atoms with E-state index in [-0.39, 0.29) is 0 Å². The Bertz CT molecular complexity index is 655. The molecular weight excluding hydrogens is 300 g/mol. The second-order valence-corrected chi connectivity index (χ2v) is 10.3. The van der Waals surface area contributed by atoms with Crippen molar-refractivity contribution in [1.82, 2.24) is 0 Å². The summed E-state index contributed by atoms with van der Waals surface area (Å²) >= 11 is -1.79. The Morgan fingerprint density at radius 2 is 1.15 bits per heavy atom. The van der Waals surface area contributed by atoms with Gasteiger partial charge in [0.1, 0.15) is 0 Å². The molecule has 0 radical (unpaired) electrons. The molecule has 0 saturated carbocycles. The minimum absolute atomic E-state index is 0.466. The van der Waals surface area contributed by atoms with Crippen molar-refractivity contribution >= 4 is 21.5 Å². The Balaban J connectivity index is 1.69. The minimum atomic E-state index is -1.79. The number of allylic oxidation sites excluding steroid dienone is 2. The Morgan fingerprint density at radius 3 is 1.65 bits per heavy atom. The maximum absolute atomic E-state index is 7.01. The maximum atomic E-state index is 7.01. The van der Waals surface area contributed by atoms with Crippen LogP contribution in [0.5, 0.6) is 0 Å². The van der Waals surface area contributed by atoms with Crippen LogP contribution in [0.3, 0.4) is 0 Å². The van der Waals surface area contributed by atoms with Gasteiger partial charge >= 0.3 is 130 Å². The zero-order chi connectivity index (χ0) is 13.5. The van der Waals surface area contributed by atoms with E-state index >= 15 is 0 Å². The fourth-order valence-corrected chi connectivity index (χ4v) is 7.97. The Hall–Kier alpha value is -1.08. The van der Waals surface area contributed by atoms with Crippen molar-refractivity contribution in [2.75, 3.05) is 0 Å². The van der Waals surface area contributed by atoms with Crippen molar-refractivity contribution < 1.29 is 16.8 Å². The van der Waals surface area contributed by atoms with Gasteiger partial charge in [-0.15, -0.1) is 0 Å². The third-order valence-electron chi connectivity index (χ3n) is 4.19. The van der Waals surface area contributed by atoms with E-state index in [1.165, 1.54) is 22.3 Å². The van der Waals surface area contributed by atoms with Crippen molar-refractivity contribution in [3.63, 3.8) is 0 Å². The summed E-state index contributed by atoms with van der Waals surface area (Å²) in [6.07, 6.45) is 9.11. The summed E-state index contributed by atoms with van der Waals surface area (Å²) in [5.41, 5.74) is 5.54. The summed E-state index contributed by atoms with van der Waals surface area (Å²) in [6, 6.07) is 17.3. The monoisotopic (exact) mass is 313 g/mol. The molecule has 0 aliphatic heterocycles. The number of hydrogen-bond acceptors (Lipinski definition) is 0. The second kappa shape index (κ2) is 5.04. The second-order valence-electron chi connectivity index (χ2n) is 5.32. The van der Waals surface area contributed by atoms with Gasteiger partial charge in [0, 0.05) is 0 Å². The topological polar surface area (TPSA) is 0 Å². The standard InChI is InChI=1S/2C9H7.ClH.Ti/c2*1-2-5-9-7-3-6-8(9)4-1;;/h2*1-7H;1H;/q;;;+1/p-1. The first kappa shape index (κ1) is 12.6. The Kier molecular flexibility index (Phi) is 3.19. The van der Waals surface area contributed by atoms with Crippen LogP contribution in [0.15, 0.2) is 60.7 Å². The third-order valence-corrected chi connectivity index (χ3v) is 9.56. The summed E-state index contributed by atoms with van der Waals surface area (Å²) in [6.45, 7) is 0. The van der Waals surface area contributed by atoms with Gasteiger partial charge in [0.25, 0.3) is 0 Å². The van der Waals surface area contributed by atoms with Crippen LogP contribution in [0.4, 0.5) is 0 Å². The first-order chi connectivity index (χ1) is 9.84. The van der Waals surface area contributed by atoms with Crippen LogP contribution in [-0.2, 0) is 16.8 Å². The fourth-order valence-electron chi connectivity index (χ4n) is 3.17. The molecule has 0 amide bonds. The third kappa shape index (κ3) is 1.95. The van der Waals surface area contributed by atoms with Crippen molar-refractivity contribution in [1.29, 1.82) is 0 Å². The van der Waals surface area contributed by atoms with E-state index in [4.69, 9.17) is 9.30 Å². The SMILES string of the molecule is [Cl][Ti]([CH]1C=Cc2ccccc21)[CH]1C=Cc2ccccc21. The molecule has 0 fully saturated rings. The molecule has 2 heteroatoms. The summed E-state index contributed by atoms with van der Waals surface area (Å²) in [7, 11) is 7.01. The molecule has 2 aliphatic carbocycles. The van der Waals surface area contributed by atoms with E-state index in [1.807, 2.05) is 0 Å². The predicted octanol–water partition coefficient (Wildman–Crippen LogP) is 5.29. The molecular formula is C18H14ClTi. The average Bonchev–Trinajstić information content (AvgIpc) is 3.11. The van der Waals surface area contributed by atoms with Gasteiger partial charge in [-0.1, -0.05) is 0 Å². The van der Waals surface area contributed by atoms with Crippen LogP contribution in [0.25, 0.3) is 12.2 Å². The summed E-state index contributed by atoms with van der Waals surface area (Å²) in [5, 5.41) is 0. The van der Waals surface area contributed by atoms with Crippen molar-refractivity contribution in [3.8, 4) is 0 Å². The van der Waals surface area contributed by atoms with Crippen LogP contribution in [0.1, 0.15) is 30.7 Å². The number of benzene rings is 2. The molecule has 97 valence electrons. The van der Waals surface area contributed by atoms with Gasteiger partial charge in [0.2, 0.25) is 0 Å². The van der Waals surface area contributed by atoms with E-state index in [2.05, 4.69) is 72.8 Å². The summed E-state index contributed by atoms with van der Waals surface area (Å²) < 4.78 is 0.933. The molecule has 2 atom stereocenters. The first-order valence-corrected chi connectivity index (χ1v) is 10.9. The molecule has 2 unspecified atom stereocenters. The van der Waals surface area contributed by atoms with Gasteiger partial charge in [0.05, 0.1) is 0 Å². The molecule has 0 N–H and O–H groups in total. The molecule has 20 heavy (non-hydrogen) atoms. The number of rotatable bonds is 2. The average molecular weight is 314 g/mol. The summed E-state index contributed by atoms with van der Waals surface area (Å²) in [5.74, 6) is 0. The normalized spacial score (nSPS) is 21.9. The first-order valence-electron chi connectivity index (χ1n) is 6.91. The van der Waals surface area contributed by atoms with Crippen LogP contribution >= 0.6 is 9.30 Å². The van der Waals surface area contributed by atoms with Crippen molar-refractivity contribution in [2.24, 2.45) is 0 Å². The quantitative estimate of drug-likeness (QED) is 0.660. The number of hydrogen-bond donors (Lipinski definition) is 0. The van der Waals surface area contributed by atoms with E-state index in [0.717, 1.165) is 0 Å². The van der Waals surface area contributed by atoms with Crippen LogP contribution in [0.2, 0.25) is 0 Å². The molecule has 2 aromatic carbocycles. The molecule has 0 saturated heterocycles. The molecule has 0 aromatic heterocycles. The van der Waals surface area contributed by atoms with Crippen molar-refractivity contribution in [3.05, 3.63) is 82.9 Å². The molecule has 0 heterocycles.